The van der Waals surface area contributed by atoms with Crippen LogP contribution in [-0.2, 0) is 0 Å². The van der Waals surface area contributed by atoms with Gasteiger partial charge in [0.2, 0.25) is 0 Å². The summed E-state index contributed by atoms with van der Waals surface area (Å²) in [7, 11) is 0. The molecule has 0 saturated heterocycles. The molecule has 0 unspecified atom stereocenters. The number of nitrogens with one attached hydrogen (secondary N) is 2. The van der Waals surface area contributed by atoms with Crippen molar-refractivity contribution in [3.05, 3.63) is 53.5 Å². The van der Waals surface area contributed by atoms with E-state index in [-0.39, 0.29) is 5.91 Å². The van der Waals surface area contributed by atoms with Gasteiger partial charge in [-0.2, -0.15) is 0 Å². The Balaban J connectivity index is 2.19. The highest BCUT2D eigenvalue weighted by Gasteiger charge is 2.07. The van der Waals surface area contributed by atoms with Crippen molar-refractivity contribution in [2.75, 3.05) is 5.32 Å². The normalized spacial score (nSPS) is 10.0. The molecule has 0 fully saturated rings. The van der Waals surface area contributed by atoms with Crippen LogP contribution in [-0.4, -0.2) is 10.9 Å². The zero-order valence-corrected chi connectivity index (χ0v) is 9.82. The van der Waals surface area contributed by atoms with E-state index in [9.17, 15) is 4.79 Å². The zero-order valence-electron chi connectivity index (χ0n) is 9.82. The largest absolute Gasteiger partial charge is 0.307 e. The Kier molecular flexibility index (Phi) is 3.14. The number of hydrogen-bond acceptors (Lipinski definition) is 2. The van der Waals surface area contributed by atoms with Crippen molar-refractivity contribution in [3.8, 4) is 0 Å². The van der Waals surface area contributed by atoms with Gasteiger partial charge in [-0.25, -0.2) is 9.97 Å². The summed E-state index contributed by atoms with van der Waals surface area (Å²) in [6.45, 7) is 3.88. The van der Waals surface area contributed by atoms with E-state index in [0.717, 1.165) is 11.3 Å². The first-order valence-electron chi connectivity index (χ1n) is 5.38. The molecule has 4 heteroatoms. The third kappa shape index (κ3) is 2.87. The fourth-order valence-electron chi connectivity index (χ4n) is 1.63. The number of nitrogens with zero attached hydrogens (tertiary/aromatic N) is 1. The van der Waals surface area contributed by atoms with Crippen molar-refractivity contribution >= 4 is 11.7 Å². The van der Waals surface area contributed by atoms with Crippen LogP contribution >= 0.6 is 0 Å². The Morgan fingerprint density at radius 1 is 1.24 bits per heavy atom. The maximum absolute atomic E-state index is 11.9. The number of rotatable bonds is 2. The molecule has 0 atom stereocenters. The first-order valence-corrected chi connectivity index (χ1v) is 5.38. The van der Waals surface area contributed by atoms with Gasteiger partial charge in [-0.1, -0.05) is 0 Å². The van der Waals surface area contributed by atoms with Crippen LogP contribution in [0.25, 0.3) is 0 Å². The van der Waals surface area contributed by atoms with E-state index >= 15 is 0 Å². The van der Waals surface area contributed by atoms with Crippen LogP contribution < -0.4 is 10.3 Å². The summed E-state index contributed by atoms with van der Waals surface area (Å²) >= 11 is 0. The Labute approximate surface area is 99.7 Å². The van der Waals surface area contributed by atoms with E-state index < -0.39 is 0 Å². The van der Waals surface area contributed by atoms with Crippen molar-refractivity contribution in [2.24, 2.45) is 0 Å². The molecule has 2 aromatic rings. The van der Waals surface area contributed by atoms with Gasteiger partial charge in [-0.3, -0.25) is 4.79 Å². The van der Waals surface area contributed by atoms with Gasteiger partial charge in [0.05, 0.1) is 5.56 Å². The first-order chi connectivity index (χ1) is 8.15. The van der Waals surface area contributed by atoms with E-state index in [1.54, 1.807) is 24.5 Å². The second-order valence-corrected chi connectivity index (χ2v) is 3.91. The van der Waals surface area contributed by atoms with Crippen molar-refractivity contribution in [2.45, 2.75) is 13.8 Å². The van der Waals surface area contributed by atoms with Crippen LogP contribution in [0.5, 0.6) is 0 Å². The van der Waals surface area contributed by atoms with E-state index in [0.29, 0.717) is 11.4 Å². The summed E-state index contributed by atoms with van der Waals surface area (Å²) < 4.78 is 0. The van der Waals surface area contributed by atoms with Gasteiger partial charge in [0, 0.05) is 17.8 Å². The van der Waals surface area contributed by atoms with Crippen LogP contribution in [0.2, 0.25) is 0 Å². The number of carbonyl (C=O) groups is 1. The Morgan fingerprint density at radius 2 is 1.94 bits per heavy atom. The summed E-state index contributed by atoms with van der Waals surface area (Å²) in [6.07, 6.45) is 3.42. The van der Waals surface area contributed by atoms with Crippen molar-refractivity contribution in [1.82, 2.24) is 4.98 Å². The van der Waals surface area contributed by atoms with Crippen LogP contribution in [0, 0.1) is 13.8 Å². The van der Waals surface area contributed by atoms with E-state index in [4.69, 9.17) is 0 Å². The number of pyridine rings is 2. The zero-order chi connectivity index (χ0) is 12.3. The molecule has 2 aromatic heterocycles. The Morgan fingerprint density at radius 3 is 2.59 bits per heavy atom. The number of carbonyl (C=O) groups excluding carboxylic acids is 1. The van der Waals surface area contributed by atoms with Gasteiger partial charge >= 0.3 is 0 Å². The third-order valence-electron chi connectivity index (χ3n) is 2.32. The molecule has 0 aliphatic rings. The number of anilines is 1. The van der Waals surface area contributed by atoms with Crippen molar-refractivity contribution in [3.63, 3.8) is 0 Å². The van der Waals surface area contributed by atoms with Gasteiger partial charge < -0.3 is 5.32 Å². The van der Waals surface area contributed by atoms with Crippen LogP contribution in [0.4, 0.5) is 5.82 Å². The highest BCUT2D eigenvalue weighted by atomic mass is 16.1. The smallest absolute Gasteiger partial charge is 0.257 e. The molecule has 17 heavy (non-hydrogen) atoms. The molecule has 0 aromatic carbocycles. The molecular weight excluding hydrogens is 214 g/mol. The molecule has 2 rings (SSSR count). The lowest BCUT2D eigenvalue weighted by atomic mass is 10.2. The van der Waals surface area contributed by atoms with Crippen molar-refractivity contribution < 1.29 is 9.78 Å². The average molecular weight is 228 g/mol. The standard InChI is InChI=1S/C13H13N3O/c1-9-7-10(2)15-12(8-9)16-13(17)11-3-5-14-6-4-11/h3-8H,1-2H3,(H,15,16,17)/p+1. The summed E-state index contributed by atoms with van der Waals surface area (Å²) in [5.41, 5.74) is 2.57. The highest BCUT2D eigenvalue weighted by molar-refractivity contribution is 6.03. The minimum absolute atomic E-state index is 0.156. The molecule has 0 spiro atoms. The van der Waals surface area contributed by atoms with Gasteiger partial charge in [-0.05, 0) is 31.5 Å². The Bertz CT molecular complexity index is 517. The molecule has 86 valence electrons. The van der Waals surface area contributed by atoms with Gasteiger partial charge in [-0.15, -0.1) is 0 Å². The molecule has 0 radical (unpaired) electrons. The topological polar surface area (TPSA) is 56.1 Å². The molecule has 0 aliphatic carbocycles. The third-order valence-corrected chi connectivity index (χ3v) is 2.32. The number of aromatic amines is 1. The van der Waals surface area contributed by atoms with Crippen molar-refractivity contribution in [1.29, 1.82) is 0 Å². The van der Waals surface area contributed by atoms with Crippen LogP contribution in [0.3, 0.4) is 0 Å². The predicted octanol–water partition coefficient (Wildman–Crippen LogP) is 1.76. The quantitative estimate of drug-likeness (QED) is 0.851. The second kappa shape index (κ2) is 4.74. The summed E-state index contributed by atoms with van der Waals surface area (Å²) in [6, 6.07) is 7.25. The monoisotopic (exact) mass is 228 g/mol. The Hall–Kier alpha value is -2.23. The van der Waals surface area contributed by atoms with Gasteiger partial charge in [0.1, 0.15) is 5.82 Å². The maximum Gasteiger partial charge on any atom is 0.257 e. The minimum Gasteiger partial charge on any atom is -0.307 e. The van der Waals surface area contributed by atoms with Gasteiger partial charge in [0.15, 0.2) is 12.4 Å². The number of aromatic nitrogens is 2. The molecule has 0 saturated carbocycles. The lowest BCUT2D eigenvalue weighted by Gasteiger charge is -2.05. The lowest BCUT2D eigenvalue weighted by Crippen LogP contribution is -2.14. The summed E-state index contributed by atoms with van der Waals surface area (Å²) in [5, 5.41) is 2.78. The number of amides is 1. The number of aryl methyl sites for hydroxylation is 2. The first kappa shape index (κ1) is 11.3. The highest BCUT2D eigenvalue weighted by Crippen LogP contribution is 2.10. The number of hydrogen-bond donors (Lipinski definition) is 1. The lowest BCUT2D eigenvalue weighted by molar-refractivity contribution is -0.378. The van der Waals surface area contributed by atoms with E-state index in [2.05, 4.69) is 15.3 Å². The molecule has 0 aliphatic heterocycles. The van der Waals surface area contributed by atoms with Crippen LogP contribution in [0.15, 0.2) is 36.7 Å². The molecule has 0 bridgehead atoms. The van der Waals surface area contributed by atoms with E-state index in [1.807, 2.05) is 26.0 Å². The number of H-pyrrole nitrogens is 1. The second-order valence-electron chi connectivity index (χ2n) is 3.91. The SMILES string of the molecule is Cc1cc(C)nc(NC(=O)c2cc[nH+]cc2)c1. The van der Waals surface area contributed by atoms with E-state index in [1.165, 1.54) is 0 Å². The minimum atomic E-state index is -0.156. The summed E-state index contributed by atoms with van der Waals surface area (Å²) in [5.74, 6) is 0.428. The van der Waals surface area contributed by atoms with Crippen LogP contribution in [0.1, 0.15) is 21.6 Å². The molecule has 2 N–H and O–H groups in total. The molecule has 4 nitrogen and oxygen atoms in total. The maximum atomic E-state index is 11.9. The average Bonchev–Trinajstić information content (AvgIpc) is 2.28. The molecular formula is C13H14N3O+. The predicted molar refractivity (Wildman–Crippen MR) is 64.7 cm³/mol. The fourth-order valence-corrected chi connectivity index (χ4v) is 1.63. The fraction of sp³-hybridized carbons (Fsp3) is 0.154. The summed E-state index contributed by atoms with van der Waals surface area (Å²) in [4.78, 5) is 19.0. The van der Waals surface area contributed by atoms with Gasteiger partial charge in [0.25, 0.3) is 5.91 Å². The molecule has 1 amide bonds. The molecule has 2 heterocycles.